The van der Waals surface area contributed by atoms with Gasteiger partial charge in [-0.1, -0.05) is 11.6 Å². The van der Waals surface area contributed by atoms with E-state index in [1.807, 2.05) is 24.1 Å². The molecule has 0 spiro atoms. The fourth-order valence-corrected chi connectivity index (χ4v) is 3.47. The number of carbonyl (C=O) groups is 1. The van der Waals surface area contributed by atoms with Gasteiger partial charge in [-0.25, -0.2) is 0 Å². The third-order valence-corrected chi connectivity index (χ3v) is 4.53. The molecule has 4 nitrogen and oxygen atoms in total. The van der Waals surface area contributed by atoms with E-state index in [9.17, 15) is 4.79 Å². The van der Waals surface area contributed by atoms with Gasteiger partial charge in [-0.3, -0.25) is 4.79 Å². The highest BCUT2D eigenvalue weighted by atomic mass is 35.5. The molecule has 2 aliphatic heterocycles. The minimum atomic E-state index is -0.383. The molecule has 0 saturated carbocycles. The summed E-state index contributed by atoms with van der Waals surface area (Å²) in [6.45, 7) is 2.64. The van der Waals surface area contributed by atoms with Crippen LogP contribution in [0.25, 0.3) is 0 Å². The third kappa shape index (κ3) is 3.16. The van der Waals surface area contributed by atoms with Crippen LogP contribution in [0.4, 0.5) is 0 Å². The first kappa shape index (κ1) is 14.7. The number of nitrogens with one attached hydrogen (secondary N) is 1. The summed E-state index contributed by atoms with van der Waals surface area (Å²) < 4.78 is 5.81. The number of benzene rings is 1. The van der Waals surface area contributed by atoms with Gasteiger partial charge in [0.05, 0.1) is 0 Å². The van der Waals surface area contributed by atoms with E-state index < -0.39 is 0 Å². The van der Waals surface area contributed by atoms with Gasteiger partial charge in [-0.15, -0.1) is 0 Å². The van der Waals surface area contributed by atoms with E-state index in [2.05, 4.69) is 5.32 Å². The highest BCUT2D eigenvalue weighted by molar-refractivity contribution is 6.30. The Balaban J connectivity index is 1.64. The Labute approximate surface area is 130 Å². The van der Waals surface area contributed by atoms with Gasteiger partial charge in [0.25, 0.3) is 5.91 Å². The summed E-state index contributed by atoms with van der Waals surface area (Å²) in [5, 5.41) is 3.90. The molecule has 0 unspecified atom stereocenters. The maximum absolute atomic E-state index is 12.7. The van der Waals surface area contributed by atoms with Crippen molar-refractivity contribution < 1.29 is 9.53 Å². The van der Waals surface area contributed by atoms with E-state index in [4.69, 9.17) is 16.3 Å². The van der Waals surface area contributed by atoms with E-state index in [-0.39, 0.29) is 12.0 Å². The predicted octanol–water partition coefficient (Wildman–Crippen LogP) is 2.10. The average molecular weight is 309 g/mol. The molecule has 2 aliphatic rings. The number of nitrogens with zero attached hydrogens (tertiary/aromatic N) is 1. The summed E-state index contributed by atoms with van der Waals surface area (Å²) >= 11 is 6.00. The van der Waals surface area contributed by atoms with Gasteiger partial charge in [-0.05, 0) is 56.1 Å². The van der Waals surface area contributed by atoms with Gasteiger partial charge >= 0.3 is 0 Å². The molecule has 2 atom stereocenters. The Bertz CT molecular complexity index is 533. The molecule has 21 heavy (non-hydrogen) atoms. The normalized spacial score (nSPS) is 24.6. The summed E-state index contributed by atoms with van der Waals surface area (Å²) in [6.07, 6.45) is 2.50. The highest BCUT2D eigenvalue weighted by Gasteiger charge is 2.34. The molecule has 2 heterocycles. The van der Waals surface area contributed by atoms with Crippen LogP contribution in [0.3, 0.4) is 0 Å². The highest BCUT2D eigenvalue weighted by Crippen LogP contribution is 2.32. The number of hydrogen-bond donors (Lipinski definition) is 1. The van der Waals surface area contributed by atoms with Crippen molar-refractivity contribution in [1.29, 1.82) is 0 Å². The summed E-state index contributed by atoms with van der Waals surface area (Å²) in [5.74, 6) is 1.45. The zero-order chi connectivity index (χ0) is 14.8. The number of rotatable bonds is 3. The van der Waals surface area contributed by atoms with Gasteiger partial charge in [0, 0.05) is 24.5 Å². The quantitative estimate of drug-likeness (QED) is 0.930. The lowest BCUT2D eigenvalue weighted by Gasteiger charge is -2.34. The Kier molecular flexibility index (Phi) is 4.36. The van der Waals surface area contributed by atoms with Gasteiger partial charge < -0.3 is 15.0 Å². The molecule has 1 aromatic carbocycles. The molecule has 0 radical (unpaired) electrons. The van der Waals surface area contributed by atoms with Crippen LogP contribution >= 0.6 is 11.6 Å². The van der Waals surface area contributed by atoms with Crippen molar-refractivity contribution in [2.45, 2.75) is 25.4 Å². The monoisotopic (exact) mass is 308 g/mol. The van der Waals surface area contributed by atoms with Crippen LogP contribution in [-0.4, -0.2) is 43.6 Å². The second kappa shape index (κ2) is 6.24. The molecule has 3 rings (SSSR count). The topological polar surface area (TPSA) is 41.6 Å². The third-order valence-electron chi connectivity index (χ3n) is 4.30. The first-order valence-electron chi connectivity index (χ1n) is 7.56. The van der Waals surface area contributed by atoms with E-state index in [0.29, 0.717) is 17.4 Å². The van der Waals surface area contributed by atoms with Crippen molar-refractivity contribution in [2.24, 2.45) is 5.92 Å². The molecule has 1 amide bonds. The van der Waals surface area contributed by atoms with Gasteiger partial charge in [0.1, 0.15) is 5.75 Å². The van der Waals surface area contributed by atoms with Crippen LogP contribution in [0.1, 0.15) is 18.4 Å². The molecule has 1 saturated heterocycles. The van der Waals surface area contributed by atoms with Crippen LogP contribution in [0.15, 0.2) is 18.2 Å². The van der Waals surface area contributed by atoms with E-state index in [1.54, 1.807) is 6.07 Å². The molecular formula is C16H21ClN2O2. The number of ether oxygens (including phenoxy) is 1. The predicted molar refractivity (Wildman–Crippen MR) is 82.8 cm³/mol. The number of likely N-dealkylation sites (tertiary alicyclic amines) is 1. The first-order valence-corrected chi connectivity index (χ1v) is 7.93. The molecule has 0 aliphatic carbocycles. The fraction of sp³-hybridized carbons (Fsp3) is 0.562. The van der Waals surface area contributed by atoms with Crippen LogP contribution in [-0.2, 0) is 11.2 Å². The number of amides is 1. The molecule has 1 aromatic rings. The van der Waals surface area contributed by atoms with Crippen molar-refractivity contribution in [1.82, 2.24) is 10.2 Å². The SMILES string of the molecule is CNC[C@@H]1CCCN(C(=O)[C@@H]2Cc3cc(Cl)ccc3O2)C1. The van der Waals surface area contributed by atoms with E-state index in [1.165, 1.54) is 6.42 Å². The van der Waals surface area contributed by atoms with Crippen molar-refractivity contribution in [3.63, 3.8) is 0 Å². The Hall–Kier alpha value is -1.26. The fourth-order valence-electron chi connectivity index (χ4n) is 3.28. The van der Waals surface area contributed by atoms with Crippen LogP contribution in [0.2, 0.25) is 5.02 Å². The summed E-state index contributed by atoms with van der Waals surface area (Å²) in [5.41, 5.74) is 1.03. The molecule has 1 fully saturated rings. The summed E-state index contributed by atoms with van der Waals surface area (Å²) in [6, 6.07) is 5.55. The van der Waals surface area contributed by atoms with Gasteiger partial charge in [-0.2, -0.15) is 0 Å². The Morgan fingerprint density at radius 1 is 1.52 bits per heavy atom. The Morgan fingerprint density at radius 3 is 3.19 bits per heavy atom. The standard InChI is InChI=1S/C16H21ClN2O2/c1-18-9-11-3-2-6-19(10-11)16(20)15-8-12-7-13(17)4-5-14(12)21-15/h4-5,7,11,15,18H,2-3,6,8-10H2,1H3/t11-,15-/m0/s1. The van der Waals surface area contributed by atoms with Crippen molar-refractivity contribution in [3.05, 3.63) is 28.8 Å². The number of hydrogen-bond acceptors (Lipinski definition) is 3. The number of piperidine rings is 1. The zero-order valence-corrected chi connectivity index (χ0v) is 13.0. The lowest BCUT2D eigenvalue weighted by molar-refractivity contribution is -0.139. The smallest absolute Gasteiger partial charge is 0.264 e. The minimum absolute atomic E-state index is 0.114. The van der Waals surface area contributed by atoms with E-state index in [0.717, 1.165) is 37.4 Å². The second-order valence-electron chi connectivity index (χ2n) is 5.91. The Morgan fingerprint density at radius 2 is 2.38 bits per heavy atom. The summed E-state index contributed by atoms with van der Waals surface area (Å²) in [4.78, 5) is 14.6. The van der Waals surface area contributed by atoms with Crippen molar-refractivity contribution in [3.8, 4) is 5.75 Å². The zero-order valence-electron chi connectivity index (χ0n) is 12.3. The first-order chi connectivity index (χ1) is 10.2. The largest absolute Gasteiger partial charge is 0.480 e. The van der Waals surface area contributed by atoms with Crippen LogP contribution in [0, 0.1) is 5.92 Å². The van der Waals surface area contributed by atoms with Crippen LogP contribution in [0.5, 0.6) is 5.75 Å². The molecule has 1 N–H and O–H groups in total. The number of fused-ring (bicyclic) bond motifs is 1. The van der Waals surface area contributed by atoms with E-state index >= 15 is 0 Å². The lowest BCUT2D eigenvalue weighted by Crippen LogP contribution is -2.47. The second-order valence-corrected chi connectivity index (χ2v) is 6.35. The molecule has 0 bridgehead atoms. The average Bonchev–Trinajstić information content (AvgIpc) is 2.90. The van der Waals surface area contributed by atoms with Crippen molar-refractivity contribution in [2.75, 3.05) is 26.7 Å². The number of carbonyl (C=O) groups excluding carboxylic acids is 1. The van der Waals surface area contributed by atoms with Gasteiger partial charge in [0.15, 0.2) is 6.10 Å². The number of halogens is 1. The maximum Gasteiger partial charge on any atom is 0.264 e. The molecule has 0 aromatic heterocycles. The van der Waals surface area contributed by atoms with Gasteiger partial charge in [0.2, 0.25) is 0 Å². The molecule has 114 valence electrons. The summed E-state index contributed by atoms with van der Waals surface area (Å²) in [7, 11) is 1.96. The van der Waals surface area contributed by atoms with Crippen LogP contribution < -0.4 is 10.1 Å². The molecule has 5 heteroatoms. The minimum Gasteiger partial charge on any atom is -0.480 e. The lowest BCUT2D eigenvalue weighted by atomic mass is 9.97. The molecular weight excluding hydrogens is 288 g/mol. The maximum atomic E-state index is 12.7. The van der Waals surface area contributed by atoms with Crippen molar-refractivity contribution >= 4 is 17.5 Å².